The third-order valence-electron chi connectivity index (χ3n) is 6.50. The highest BCUT2D eigenvalue weighted by Gasteiger charge is 2.48. The second kappa shape index (κ2) is 8.46. The first-order valence-electron chi connectivity index (χ1n) is 11.6. The smallest absolute Gasteiger partial charge is 0.163 e. The number of ether oxygens (including phenoxy) is 2. The minimum atomic E-state index is -0.523. The lowest BCUT2D eigenvalue weighted by Crippen LogP contribution is -2.37. The van der Waals surface area contributed by atoms with Crippen LogP contribution in [-0.4, -0.2) is 18.2 Å². The molecule has 0 saturated carbocycles. The Labute approximate surface area is 206 Å². The maximum atomic E-state index is 13.4. The molecule has 1 heterocycles. The van der Waals surface area contributed by atoms with Crippen LogP contribution in [0.25, 0.3) is 0 Å². The maximum absolute atomic E-state index is 13.4. The van der Waals surface area contributed by atoms with Gasteiger partial charge < -0.3 is 9.47 Å². The number of Topliss-reactive ketones (excluding diaryl/α,β-unsaturated/α-hetero) is 2. The van der Waals surface area contributed by atoms with Crippen molar-refractivity contribution in [2.45, 2.75) is 73.1 Å². The Balaban J connectivity index is 1.87. The first kappa shape index (κ1) is 24.3. The summed E-state index contributed by atoms with van der Waals surface area (Å²) in [7, 11) is 0. The molecule has 3 aliphatic rings. The molecule has 1 aliphatic heterocycles. The molecule has 0 N–H and O–H groups in total. The Morgan fingerprint density at radius 3 is 1.79 bits per heavy atom. The molecule has 0 unspecified atom stereocenters. The van der Waals surface area contributed by atoms with E-state index in [0.29, 0.717) is 76.7 Å². The summed E-state index contributed by atoms with van der Waals surface area (Å²) < 4.78 is 12.2. The van der Waals surface area contributed by atoms with Crippen LogP contribution in [0, 0.1) is 16.7 Å². The molecule has 1 aromatic carbocycles. The van der Waals surface area contributed by atoms with Crippen LogP contribution >= 0.6 is 23.2 Å². The molecule has 1 aromatic rings. The largest absolute Gasteiger partial charge is 0.490 e. The van der Waals surface area contributed by atoms with Crippen LogP contribution in [0.5, 0.6) is 5.75 Å². The van der Waals surface area contributed by atoms with E-state index in [-0.39, 0.29) is 22.4 Å². The second-order valence-corrected chi connectivity index (χ2v) is 12.4. The number of benzene rings is 1. The Hall–Kier alpha value is -1.78. The molecule has 0 spiro atoms. The topological polar surface area (TPSA) is 52.6 Å². The molecule has 0 aromatic heterocycles. The number of rotatable bonds is 4. The van der Waals surface area contributed by atoms with Crippen molar-refractivity contribution in [2.75, 3.05) is 6.61 Å². The molecule has 33 heavy (non-hydrogen) atoms. The van der Waals surface area contributed by atoms with Crippen LogP contribution in [0.15, 0.2) is 34.8 Å². The van der Waals surface area contributed by atoms with E-state index >= 15 is 0 Å². The minimum absolute atomic E-state index is 0.0165. The molecule has 4 rings (SSSR count). The number of hydrogen-bond donors (Lipinski definition) is 0. The van der Waals surface area contributed by atoms with Gasteiger partial charge in [-0.3, -0.25) is 9.59 Å². The summed E-state index contributed by atoms with van der Waals surface area (Å²) in [5.74, 6) is 1.61. The van der Waals surface area contributed by atoms with Gasteiger partial charge in [0.1, 0.15) is 11.5 Å². The van der Waals surface area contributed by atoms with Crippen LogP contribution in [0.1, 0.15) is 78.7 Å². The summed E-state index contributed by atoms with van der Waals surface area (Å²) in [5.41, 5.74) is 1.48. The van der Waals surface area contributed by atoms with Gasteiger partial charge in [0.25, 0.3) is 0 Å². The number of allylic oxidation sites excluding steroid dienone is 4. The second-order valence-electron chi connectivity index (χ2n) is 11.6. The van der Waals surface area contributed by atoms with E-state index < -0.39 is 5.92 Å². The summed E-state index contributed by atoms with van der Waals surface area (Å²) in [4.78, 5) is 26.8. The van der Waals surface area contributed by atoms with Crippen molar-refractivity contribution in [3.05, 3.63) is 50.4 Å². The van der Waals surface area contributed by atoms with Crippen molar-refractivity contribution in [3.63, 3.8) is 0 Å². The zero-order valence-corrected chi connectivity index (χ0v) is 21.7. The van der Waals surface area contributed by atoms with E-state index in [1.807, 2.05) is 13.8 Å². The first-order chi connectivity index (χ1) is 15.3. The van der Waals surface area contributed by atoms with Gasteiger partial charge in [0.15, 0.2) is 17.3 Å². The van der Waals surface area contributed by atoms with Crippen molar-refractivity contribution in [2.24, 2.45) is 16.7 Å². The van der Waals surface area contributed by atoms with Gasteiger partial charge in [-0.05, 0) is 34.4 Å². The molecule has 0 radical (unpaired) electrons. The monoisotopic (exact) mass is 490 g/mol. The normalized spacial score (nSPS) is 22.3. The average molecular weight is 491 g/mol. The molecule has 0 amide bonds. The van der Waals surface area contributed by atoms with Gasteiger partial charge >= 0.3 is 0 Å². The van der Waals surface area contributed by atoms with E-state index in [2.05, 4.69) is 27.7 Å². The van der Waals surface area contributed by atoms with Gasteiger partial charge in [0.05, 0.1) is 16.7 Å². The van der Waals surface area contributed by atoms with Gasteiger partial charge in [0.2, 0.25) is 0 Å². The highest BCUT2D eigenvalue weighted by atomic mass is 35.5. The molecular weight excluding hydrogens is 459 g/mol. The standard InChI is InChI=1S/C27H32Cl2O4/c1-14(2)13-32-25-16(28)7-15(8-17(25)29)22-23-18(30)9-26(3,4)11-20(23)33-21-12-27(5,6)10-19(31)24(21)22/h7-8,14,22H,9-13H2,1-6H3. The molecule has 0 saturated heterocycles. The quantitative estimate of drug-likeness (QED) is 0.440. The lowest BCUT2D eigenvalue weighted by molar-refractivity contribution is -0.120. The fourth-order valence-corrected chi connectivity index (χ4v) is 5.76. The Morgan fingerprint density at radius 2 is 1.36 bits per heavy atom. The van der Waals surface area contributed by atoms with E-state index in [1.165, 1.54) is 0 Å². The van der Waals surface area contributed by atoms with Crippen LogP contribution < -0.4 is 4.74 Å². The predicted octanol–water partition coefficient (Wildman–Crippen LogP) is 7.43. The van der Waals surface area contributed by atoms with Crippen LogP contribution in [0.3, 0.4) is 0 Å². The van der Waals surface area contributed by atoms with Gasteiger partial charge in [0, 0.05) is 42.7 Å². The highest BCUT2D eigenvalue weighted by Crippen LogP contribution is 2.54. The molecule has 178 valence electrons. The van der Waals surface area contributed by atoms with Crippen molar-refractivity contribution in [1.29, 1.82) is 0 Å². The van der Waals surface area contributed by atoms with Crippen LogP contribution in [0.2, 0.25) is 10.0 Å². The summed E-state index contributed by atoms with van der Waals surface area (Å²) in [6.07, 6.45) is 2.11. The Kier molecular flexibility index (Phi) is 6.24. The van der Waals surface area contributed by atoms with Gasteiger partial charge in [-0.25, -0.2) is 0 Å². The fraction of sp³-hybridized carbons (Fsp3) is 0.556. The molecule has 0 fully saturated rings. The Morgan fingerprint density at radius 1 is 0.909 bits per heavy atom. The molecule has 0 atom stereocenters. The zero-order chi connectivity index (χ0) is 24.3. The number of hydrogen-bond acceptors (Lipinski definition) is 4. The first-order valence-corrected chi connectivity index (χ1v) is 12.4. The van der Waals surface area contributed by atoms with Crippen molar-refractivity contribution < 1.29 is 19.1 Å². The summed E-state index contributed by atoms with van der Waals surface area (Å²) in [6.45, 7) is 12.9. The van der Waals surface area contributed by atoms with Crippen LogP contribution in [-0.2, 0) is 14.3 Å². The lowest BCUT2D eigenvalue weighted by atomic mass is 9.65. The summed E-state index contributed by atoms with van der Waals surface area (Å²) in [6, 6.07) is 3.57. The number of carbonyl (C=O) groups is 2. The fourth-order valence-electron chi connectivity index (χ4n) is 5.14. The average Bonchev–Trinajstić information content (AvgIpc) is 2.63. The molecule has 2 aliphatic carbocycles. The highest BCUT2D eigenvalue weighted by molar-refractivity contribution is 6.37. The SMILES string of the molecule is CC(C)COc1c(Cl)cc(C2C3=C(CC(C)(C)CC3=O)OC3=C2C(=O)CC(C)(C)C3)cc1Cl. The van der Waals surface area contributed by atoms with Gasteiger partial charge in [-0.2, -0.15) is 0 Å². The van der Waals surface area contributed by atoms with E-state index in [0.717, 1.165) is 5.56 Å². The van der Waals surface area contributed by atoms with Gasteiger partial charge in [-0.15, -0.1) is 0 Å². The van der Waals surface area contributed by atoms with E-state index in [1.54, 1.807) is 12.1 Å². The molecular formula is C27H32Cl2O4. The molecule has 6 heteroatoms. The molecule has 4 nitrogen and oxygen atoms in total. The maximum Gasteiger partial charge on any atom is 0.163 e. The van der Waals surface area contributed by atoms with Crippen molar-refractivity contribution in [1.82, 2.24) is 0 Å². The van der Waals surface area contributed by atoms with Crippen molar-refractivity contribution >= 4 is 34.8 Å². The predicted molar refractivity (Wildman–Crippen MR) is 131 cm³/mol. The Bertz CT molecular complexity index is 1020. The van der Waals surface area contributed by atoms with Gasteiger partial charge in [-0.1, -0.05) is 64.7 Å². The third-order valence-corrected chi connectivity index (χ3v) is 7.06. The van der Waals surface area contributed by atoms with E-state index in [4.69, 9.17) is 32.7 Å². The van der Waals surface area contributed by atoms with Crippen molar-refractivity contribution in [3.8, 4) is 5.75 Å². The number of ketones is 2. The third kappa shape index (κ3) is 4.74. The number of halogens is 2. The number of carbonyl (C=O) groups excluding carboxylic acids is 2. The zero-order valence-electron chi connectivity index (χ0n) is 20.2. The van der Waals surface area contributed by atoms with E-state index in [9.17, 15) is 9.59 Å². The summed E-state index contributed by atoms with van der Waals surface area (Å²) >= 11 is 13.2. The van der Waals surface area contributed by atoms with Crippen LogP contribution in [0.4, 0.5) is 0 Å². The molecule has 0 bridgehead atoms. The summed E-state index contributed by atoms with van der Waals surface area (Å²) in [5, 5.41) is 0.752. The minimum Gasteiger partial charge on any atom is -0.490 e. The lowest BCUT2D eigenvalue weighted by Gasteiger charge is -2.42.